The molecule has 0 saturated carbocycles. The zero-order chi connectivity index (χ0) is 4.57. The van der Waals surface area contributed by atoms with Gasteiger partial charge in [0.1, 0.15) is 0 Å². The van der Waals surface area contributed by atoms with Crippen LogP contribution in [-0.2, 0) is 0 Å². The fourth-order valence-electron chi connectivity index (χ4n) is 0.368. The molecule has 0 fully saturated rings. The van der Waals surface area contributed by atoms with Crippen molar-refractivity contribution in [3.63, 3.8) is 0 Å². The highest BCUT2D eigenvalue weighted by atomic mass is 14.8. The van der Waals surface area contributed by atoms with E-state index in [4.69, 9.17) is 11.5 Å². The molecular weight excluding hydrogens is 76.1 g/mol. The average Bonchev–Trinajstić information content (AvgIpc) is 1.61. The van der Waals surface area contributed by atoms with Gasteiger partial charge >= 0.3 is 0 Å². The first kappa shape index (κ1) is 3.84. The Morgan fingerprint density at radius 1 is 1.00 bits per heavy atom. The lowest BCUT2D eigenvalue weighted by Gasteiger charge is -2.19. The van der Waals surface area contributed by atoms with Crippen molar-refractivity contribution < 1.29 is 0 Å². The van der Waals surface area contributed by atoms with E-state index in [1.807, 2.05) is 12.2 Å². The molecule has 4 N–H and O–H groups in total. The Morgan fingerprint density at radius 2 is 1.33 bits per heavy atom. The second-order valence-electron chi connectivity index (χ2n) is 1.54. The molecule has 1 aliphatic rings. The molecular formula is C4H8N2. The highest BCUT2D eigenvalue weighted by Gasteiger charge is 2.13. The summed E-state index contributed by atoms with van der Waals surface area (Å²) in [6.07, 6.45) is 3.79. The minimum absolute atomic E-state index is 0.130. The van der Waals surface area contributed by atoms with Crippen molar-refractivity contribution in [2.45, 2.75) is 12.1 Å². The number of rotatable bonds is 0. The molecule has 1 rings (SSSR count). The first-order valence-corrected chi connectivity index (χ1v) is 2.00. The molecule has 2 unspecified atom stereocenters. The molecule has 0 spiro atoms. The summed E-state index contributed by atoms with van der Waals surface area (Å²) in [5.41, 5.74) is 10.6. The van der Waals surface area contributed by atoms with Crippen LogP contribution >= 0.6 is 0 Å². The number of hydrogen-bond acceptors (Lipinski definition) is 2. The van der Waals surface area contributed by atoms with Crippen LogP contribution in [0.4, 0.5) is 0 Å². The predicted octanol–water partition coefficient (Wildman–Crippen LogP) is -0.789. The lowest BCUT2D eigenvalue weighted by molar-refractivity contribution is 0.649. The van der Waals surface area contributed by atoms with Crippen LogP contribution in [0.2, 0.25) is 0 Å². The van der Waals surface area contributed by atoms with Crippen LogP contribution in [0.3, 0.4) is 0 Å². The third kappa shape index (κ3) is 0.345. The van der Waals surface area contributed by atoms with Gasteiger partial charge in [-0.2, -0.15) is 0 Å². The topological polar surface area (TPSA) is 52.0 Å². The summed E-state index contributed by atoms with van der Waals surface area (Å²) in [7, 11) is 0. The Balaban J connectivity index is 2.45. The maximum absolute atomic E-state index is 5.31. The summed E-state index contributed by atoms with van der Waals surface area (Å²) in [5, 5.41) is 0. The standard InChI is InChI=1S/C4H8N2/c5-3-1-2-4(3)6/h1-4H,5-6H2. The fourth-order valence-corrected chi connectivity index (χ4v) is 0.368. The van der Waals surface area contributed by atoms with Crippen molar-refractivity contribution in [1.82, 2.24) is 0 Å². The van der Waals surface area contributed by atoms with Crippen molar-refractivity contribution >= 4 is 0 Å². The lowest BCUT2D eigenvalue weighted by atomic mass is 10.00. The summed E-state index contributed by atoms with van der Waals surface area (Å²) < 4.78 is 0. The van der Waals surface area contributed by atoms with Gasteiger partial charge in [-0.3, -0.25) is 0 Å². The molecule has 0 bridgehead atoms. The van der Waals surface area contributed by atoms with Crippen LogP contribution < -0.4 is 11.5 Å². The molecule has 2 heteroatoms. The zero-order valence-electron chi connectivity index (χ0n) is 3.46. The smallest absolute Gasteiger partial charge is 0.0415 e. The van der Waals surface area contributed by atoms with E-state index in [1.165, 1.54) is 0 Å². The summed E-state index contributed by atoms with van der Waals surface area (Å²) in [4.78, 5) is 0. The first-order valence-electron chi connectivity index (χ1n) is 2.00. The van der Waals surface area contributed by atoms with Crippen LogP contribution in [-0.4, -0.2) is 12.1 Å². The molecule has 0 aromatic rings. The third-order valence-corrected chi connectivity index (χ3v) is 1.00. The van der Waals surface area contributed by atoms with Gasteiger partial charge in [0.05, 0.1) is 0 Å². The van der Waals surface area contributed by atoms with Gasteiger partial charge in [0.2, 0.25) is 0 Å². The fraction of sp³-hybridized carbons (Fsp3) is 0.500. The monoisotopic (exact) mass is 84.1 g/mol. The van der Waals surface area contributed by atoms with Gasteiger partial charge in [0, 0.05) is 12.1 Å². The molecule has 2 atom stereocenters. The molecule has 0 heterocycles. The van der Waals surface area contributed by atoms with Gasteiger partial charge in [-0.25, -0.2) is 0 Å². The largest absolute Gasteiger partial charge is 0.323 e. The third-order valence-electron chi connectivity index (χ3n) is 1.00. The van der Waals surface area contributed by atoms with E-state index in [0.717, 1.165) is 0 Å². The van der Waals surface area contributed by atoms with E-state index >= 15 is 0 Å². The van der Waals surface area contributed by atoms with E-state index in [9.17, 15) is 0 Å². The first-order chi connectivity index (χ1) is 2.80. The quantitative estimate of drug-likeness (QED) is 0.378. The Hall–Kier alpha value is -0.340. The predicted molar refractivity (Wildman–Crippen MR) is 25.1 cm³/mol. The molecule has 34 valence electrons. The molecule has 0 aromatic heterocycles. The van der Waals surface area contributed by atoms with Crippen molar-refractivity contribution in [2.24, 2.45) is 11.5 Å². The molecule has 0 radical (unpaired) electrons. The van der Waals surface area contributed by atoms with Crippen LogP contribution in [0.5, 0.6) is 0 Å². The second-order valence-corrected chi connectivity index (χ2v) is 1.54. The van der Waals surface area contributed by atoms with Crippen LogP contribution in [0.15, 0.2) is 12.2 Å². The normalized spacial score (nSPS) is 42.3. The maximum Gasteiger partial charge on any atom is 0.0415 e. The summed E-state index contributed by atoms with van der Waals surface area (Å²) in [6, 6.07) is 0.259. The van der Waals surface area contributed by atoms with E-state index in [0.29, 0.717) is 0 Å². The molecule has 0 saturated heterocycles. The molecule has 0 aliphatic heterocycles. The van der Waals surface area contributed by atoms with Gasteiger partial charge < -0.3 is 11.5 Å². The average molecular weight is 84.1 g/mol. The molecule has 1 aliphatic carbocycles. The van der Waals surface area contributed by atoms with Gasteiger partial charge in [0.15, 0.2) is 0 Å². The molecule has 0 amide bonds. The lowest BCUT2D eigenvalue weighted by Crippen LogP contribution is -2.44. The molecule has 6 heavy (non-hydrogen) atoms. The van der Waals surface area contributed by atoms with Crippen molar-refractivity contribution in [2.75, 3.05) is 0 Å². The Labute approximate surface area is 36.8 Å². The maximum atomic E-state index is 5.31. The Kier molecular flexibility index (Phi) is 0.680. The summed E-state index contributed by atoms with van der Waals surface area (Å²) in [5.74, 6) is 0. The minimum Gasteiger partial charge on any atom is -0.323 e. The van der Waals surface area contributed by atoms with Crippen LogP contribution in [0.25, 0.3) is 0 Å². The van der Waals surface area contributed by atoms with Gasteiger partial charge in [-0.05, 0) is 0 Å². The van der Waals surface area contributed by atoms with Crippen molar-refractivity contribution in [3.05, 3.63) is 12.2 Å². The number of nitrogens with two attached hydrogens (primary N) is 2. The van der Waals surface area contributed by atoms with Gasteiger partial charge in [-0.1, -0.05) is 12.2 Å². The SMILES string of the molecule is NC1C=CC1N. The van der Waals surface area contributed by atoms with Crippen molar-refractivity contribution in [1.29, 1.82) is 0 Å². The van der Waals surface area contributed by atoms with Gasteiger partial charge in [0.25, 0.3) is 0 Å². The minimum atomic E-state index is 0.130. The Morgan fingerprint density at radius 3 is 1.33 bits per heavy atom. The van der Waals surface area contributed by atoms with E-state index < -0.39 is 0 Å². The molecule has 0 aromatic carbocycles. The second kappa shape index (κ2) is 1.06. The van der Waals surface area contributed by atoms with E-state index in [1.54, 1.807) is 0 Å². The molecule has 2 nitrogen and oxygen atoms in total. The Bertz CT molecular complexity index is 67.6. The highest BCUT2D eigenvalue weighted by molar-refractivity contribution is 5.15. The summed E-state index contributed by atoms with van der Waals surface area (Å²) >= 11 is 0. The number of hydrogen-bond donors (Lipinski definition) is 2. The zero-order valence-corrected chi connectivity index (χ0v) is 3.46. The van der Waals surface area contributed by atoms with Crippen LogP contribution in [0, 0.1) is 0 Å². The highest BCUT2D eigenvalue weighted by Crippen LogP contribution is 2.00. The van der Waals surface area contributed by atoms with Gasteiger partial charge in [-0.15, -0.1) is 0 Å². The van der Waals surface area contributed by atoms with E-state index in [2.05, 4.69) is 0 Å². The van der Waals surface area contributed by atoms with Crippen molar-refractivity contribution in [3.8, 4) is 0 Å². The summed E-state index contributed by atoms with van der Waals surface area (Å²) in [6.45, 7) is 0. The van der Waals surface area contributed by atoms with Crippen LogP contribution in [0.1, 0.15) is 0 Å². The van der Waals surface area contributed by atoms with E-state index in [-0.39, 0.29) is 12.1 Å².